The van der Waals surface area contributed by atoms with Crippen molar-refractivity contribution in [3.8, 4) is 0 Å². The number of hydrogen-bond donors (Lipinski definition) is 2. The van der Waals surface area contributed by atoms with Crippen molar-refractivity contribution in [3.05, 3.63) is 101 Å². The number of amides is 2. The summed E-state index contributed by atoms with van der Waals surface area (Å²) in [7, 11) is 0. The zero-order chi connectivity index (χ0) is 21.5. The molecule has 30 heavy (non-hydrogen) atoms. The average Bonchev–Trinajstić information content (AvgIpc) is 2.74. The van der Waals surface area contributed by atoms with Crippen molar-refractivity contribution in [1.82, 2.24) is 5.43 Å². The topological polar surface area (TPSA) is 70.6 Å². The molecule has 0 bridgehead atoms. The molecule has 0 radical (unpaired) electrons. The van der Waals surface area contributed by atoms with Crippen LogP contribution in [0, 0.1) is 6.92 Å². The van der Waals surface area contributed by atoms with Crippen LogP contribution < -0.4 is 10.7 Å². The average molecular weight is 399 g/mol. The molecule has 0 spiro atoms. The van der Waals surface area contributed by atoms with E-state index in [1.807, 2.05) is 37.3 Å². The summed E-state index contributed by atoms with van der Waals surface area (Å²) < 4.78 is 0. The molecule has 0 atom stereocenters. The molecule has 3 rings (SSSR count). The molecule has 5 heteroatoms. The lowest BCUT2D eigenvalue weighted by molar-refractivity contribution is 0.0954. The van der Waals surface area contributed by atoms with E-state index in [0.717, 1.165) is 11.1 Å². The zero-order valence-electron chi connectivity index (χ0n) is 17.3. The standard InChI is InChI=1S/C25H25N3O2/c1-17(2)20-10-8-19(9-11-20)16-26-28-24(29)21-12-14-22(15-13-21)27-25(30)23-7-5-4-6-18(23)3/h4-17H,1-3H3,(H,27,30)(H,28,29). The van der Waals surface area contributed by atoms with Crippen LogP contribution in [0.3, 0.4) is 0 Å². The van der Waals surface area contributed by atoms with E-state index in [-0.39, 0.29) is 11.8 Å². The van der Waals surface area contributed by atoms with E-state index in [0.29, 0.717) is 22.7 Å². The van der Waals surface area contributed by atoms with Gasteiger partial charge in [-0.2, -0.15) is 5.10 Å². The number of aryl methyl sites for hydroxylation is 1. The number of benzene rings is 3. The number of carbonyl (C=O) groups is 2. The van der Waals surface area contributed by atoms with Crippen molar-refractivity contribution in [1.29, 1.82) is 0 Å². The van der Waals surface area contributed by atoms with Crippen LogP contribution in [-0.2, 0) is 0 Å². The molecule has 0 aliphatic carbocycles. The Morgan fingerprint density at radius 2 is 1.53 bits per heavy atom. The van der Waals surface area contributed by atoms with Gasteiger partial charge in [0.05, 0.1) is 6.21 Å². The summed E-state index contributed by atoms with van der Waals surface area (Å²) in [5.41, 5.74) is 7.29. The summed E-state index contributed by atoms with van der Waals surface area (Å²) in [6, 6.07) is 22.1. The van der Waals surface area contributed by atoms with Crippen molar-refractivity contribution in [2.24, 2.45) is 5.10 Å². The lowest BCUT2D eigenvalue weighted by atomic mass is 10.0. The molecule has 152 valence electrons. The molecule has 0 aromatic heterocycles. The van der Waals surface area contributed by atoms with Crippen LogP contribution in [-0.4, -0.2) is 18.0 Å². The Morgan fingerprint density at radius 1 is 0.867 bits per heavy atom. The van der Waals surface area contributed by atoms with E-state index in [2.05, 4.69) is 41.8 Å². The quantitative estimate of drug-likeness (QED) is 0.445. The number of hydrogen-bond acceptors (Lipinski definition) is 3. The van der Waals surface area contributed by atoms with Crippen molar-refractivity contribution >= 4 is 23.7 Å². The first kappa shape index (κ1) is 21.0. The minimum atomic E-state index is -0.318. The molecule has 0 fully saturated rings. The molecule has 0 saturated heterocycles. The van der Waals surface area contributed by atoms with Gasteiger partial charge < -0.3 is 5.32 Å². The predicted molar refractivity (Wildman–Crippen MR) is 121 cm³/mol. The smallest absolute Gasteiger partial charge is 0.271 e. The number of nitrogens with zero attached hydrogens (tertiary/aromatic N) is 1. The normalized spacial score (nSPS) is 10.9. The van der Waals surface area contributed by atoms with E-state index in [4.69, 9.17) is 0 Å². The lowest BCUT2D eigenvalue weighted by Gasteiger charge is -2.08. The van der Waals surface area contributed by atoms with E-state index < -0.39 is 0 Å². The van der Waals surface area contributed by atoms with Crippen LogP contribution in [0.1, 0.15) is 57.2 Å². The van der Waals surface area contributed by atoms with Crippen molar-refractivity contribution in [2.45, 2.75) is 26.7 Å². The van der Waals surface area contributed by atoms with E-state index in [1.165, 1.54) is 5.56 Å². The first-order valence-corrected chi connectivity index (χ1v) is 9.84. The van der Waals surface area contributed by atoms with E-state index in [9.17, 15) is 9.59 Å². The highest BCUT2D eigenvalue weighted by atomic mass is 16.2. The van der Waals surface area contributed by atoms with Crippen molar-refractivity contribution < 1.29 is 9.59 Å². The fraction of sp³-hybridized carbons (Fsp3) is 0.160. The molecule has 0 heterocycles. The summed E-state index contributed by atoms with van der Waals surface area (Å²) in [4.78, 5) is 24.6. The predicted octanol–water partition coefficient (Wildman–Crippen LogP) is 5.13. The Kier molecular flexibility index (Phi) is 6.75. The highest BCUT2D eigenvalue weighted by molar-refractivity contribution is 6.05. The molecule has 3 aromatic carbocycles. The van der Waals surface area contributed by atoms with Gasteiger partial charge in [0.25, 0.3) is 11.8 Å². The number of anilines is 1. The first-order valence-electron chi connectivity index (χ1n) is 9.84. The number of rotatable bonds is 6. The van der Waals surface area contributed by atoms with Gasteiger partial charge in [-0.3, -0.25) is 9.59 Å². The van der Waals surface area contributed by atoms with Crippen LogP contribution in [0.15, 0.2) is 77.9 Å². The largest absolute Gasteiger partial charge is 0.322 e. The molecule has 0 aliphatic rings. The third-order valence-electron chi connectivity index (χ3n) is 4.78. The van der Waals surface area contributed by atoms with Crippen molar-refractivity contribution in [3.63, 3.8) is 0 Å². The Hall–Kier alpha value is -3.73. The SMILES string of the molecule is Cc1ccccc1C(=O)Nc1ccc(C(=O)NN=Cc2ccc(C(C)C)cc2)cc1. The van der Waals surface area contributed by atoms with Gasteiger partial charge in [-0.05, 0) is 59.9 Å². The van der Waals surface area contributed by atoms with Crippen LogP contribution in [0.25, 0.3) is 0 Å². The fourth-order valence-corrected chi connectivity index (χ4v) is 2.93. The van der Waals surface area contributed by atoms with Crippen LogP contribution in [0.2, 0.25) is 0 Å². The number of carbonyl (C=O) groups excluding carboxylic acids is 2. The van der Waals surface area contributed by atoms with Gasteiger partial charge in [0, 0.05) is 16.8 Å². The van der Waals surface area contributed by atoms with Gasteiger partial charge in [-0.1, -0.05) is 56.3 Å². The minimum absolute atomic E-state index is 0.182. The summed E-state index contributed by atoms with van der Waals surface area (Å²) in [6.45, 7) is 6.17. The van der Waals surface area contributed by atoms with E-state index in [1.54, 1.807) is 36.5 Å². The van der Waals surface area contributed by atoms with Gasteiger partial charge in [-0.25, -0.2) is 5.43 Å². The second-order valence-corrected chi connectivity index (χ2v) is 7.37. The highest BCUT2D eigenvalue weighted by Crippen LogP contribution is 2.15. The fourth-order valence-electron chi connectivity index (χ4n) is 2.93. The van der Waals surface area contributed by atoms with Gasteiger partial charge >= 0.3 is 0 Å². The second kappa shape index (κ2) is 9.65. The number of hydrazone groups is 1. The third kappa shape index (κ3) is 5.41. The minimum Gasteiger partial charge on any atom is -0.322 e. The molecule has 5 nitrogen and oxygen atoms in total. The molecule has 0 aliphatic heterocycles. The Bertz CT molecular complexity index is 1050. The molecule has 0 saturated carbocycles. The first-order chi connectivity index (χ1) is 14.4. The van der Waals surface area contributed by atoms with E-state index >= 15 is 0 Å². The van der Waals surface area contributed by atoms with Crippen LogP contribution >= 0.6 is 0 Å². The second-order valence-electron chi connectivity index (χ2n) is 7.37. The molecule has 2 amide bonds. The molecule has 0 unspecified atom stereocenters. The molecular formula is C25H25N3O2. The third-order valence-corrected chi connectivity index (χ3v) is 4.78. The van der Waals surface area contributed by atoms with Crippen LogP contribution in [0.4, 0.5) is 5.69 Å². The Morgan fingerprint density at radius 3 is 2.17 bits per heavy atom. The molecule has 3 aromatic rings. The lowest BCUT2D eigenvalue weighted by Crippen LogP contribution is -2.18. The summed E-state index contributed by atoms with van der Waals surface area (Å²) in [5, 5.41) is 6.86. The summed E-state index contributed by atoms with van der Waals surface area (Å²) in [6.07, 6.45) is 1.61. The highest BCUT2D eigenvalue weighted by Gasteiger charge is 2.09. The summed E-state index contributed by atoms with van der Waals surface area (Å²) >= 11 is 0. The maximum atomic E-state index is 12.4. The Balaban J connectivity index is 1.57. The monoisotopic (exact) mass is 399 g/mol. The van der Waals surface area contributed by atoms with Gasteiger partial charge in [0.15, 0.2) is 0 Å². The van der Waals surface area contributed by atoms with Gasteiger partial charge in [0.1, 0.15) is 0 Å². The maximum Gasteiger partial charge on any atom is 0.271 e. The van der Waals surface area contributed by atoms with Gasteiger partial charge in [0.2, 0.25) is 0 Å². The maximum absolute atomic E-state index is 12.4. The summed E-state index contributed by atoms with van der Waals surface area (Å²) in [5.74, 6) is -0.0274. The molecular weight excluding hydrogens is 374 g/mol. The molecule has 2 N–H and O–H groups in total. The number of nitrogens with one attached hydrogen (secondary N) is 2. The van der Waals surface area contributed by atoms with Crippen molar-refractivity contribution in [2.75, 3.05) is 5.32 Å². The van der Waals surface area contributed by atoms with Crippen LogP contribution in [0.5, 0.6) is 0 Å². The zero-order valence-corrected chi connectivity index (χ0v) is 17.3. The van der Waals surface area contributed by atoms with Gasteiger partial charge in [-0.15, -0.1) is 0 Å². The Labute approximate surface area is 176 Å².